The zero-order chi connectivity index (χ0) is 10.9. The van der Waals surface area contributed by atoms with Crippen LogP contribution in [-0.4, -0.2) is 16.4 Å². The Morgan fingerprint density at radius 3 is 2.80 bits per heavy atom. The van der Waals surface area contributed by atoms with E-state index in [1.807, 2.05) is 0 Å². The fourth-order valence-electron chi connectivity index (χ4n) is 2.01. The molecule has 0 bridgehead atoms. The molecule has 15 heavy (non-hydrogen) atoms. The van der Waals surface area contributed by atoms with E-state index < -0.39 is 0 Å². The summed E-state index contributed by atoms with van der Waals surface area (Å²) in [7, 11) is 0. The molecule has 1 saturated carbocycles. The van der Waals surface area contributed by atoms with Crippen LogP contribution in [0.25, 0.3) is 0 Å². The minimum atomic E-state index is -0.104. The smallest absolute Gasteiger partial charge is 0.271 e. The number of carbonyl (C=O) groups is 1. The summed E-state index contributed by atoms with van der Waals surface area (Å²) >= 11 is 1.30. The highest BCUT2D eigenvalue weighted by atomic mass is 32.1. The first-order valence-corrected chi connectivity index (χ1v) is 6.01. The van der Waals surface area contributed by atoms with Crippen molar-refractivity contribution in [3.05, 3.63) is 11.1 Å². The number of anilines is 1. The molecule has 0 atom stereocenters. The molecule has 0 radical (unpaired) electrons. The Hall–Kier alpha value is -1.10. The van der Waals surface area contributed by atoms with E-state index in [0.29, 0.717) is 10.8 Å². The van der Waals surface area contributed by atoms with Crippen molar-refractivity contribution in [2.45, 2.75) is 38.1 Å². The van der Waals surface area contributed by atoms with Gasteiger partial charge >= 0.3 is 0 Å². The third-order valence-electron chi connectivity index (χ3n) is 2.88. The van der Waals surface area contributed by atoms with Gasteiger partial charge in [0.15, 0.2) is 5.13 Å². The van der Waals surface area contributed by atoms with Gasteiger partial charge in [0, 0.05) is 10.9 Å². The minimum absolute atomic E-state index is 0.0462. The maximum absolute atomic E-state index is 11.8. The van der Waals surface area contributed by atoms with Gasteiger partial charge in [-0.1, -0.05) is 12.8 Å². The van der Waals surface area contributed by atoms with Gasteiger partial charge in [0.2, 0.25) is 0 Å². The van der Waals surface area contributed by atoms with Crippen molar-refractivity contribution in [2.24, 2.45) is 0 Å². The number of thiazole rings is 1. The van der Waals surface area contributed by atoms with Crippen LogP contribution in [0.15, 0.2) is 5.38 Å². The fraction of sp³-hybridized carbons (Fsp3) is 0.600. The summed E-state index contributed by atoms with van der Waals surface area (Å²) in [6.45, 7) is 2.09. The van der Waals surface area contributed by atoms with E-state index in [2.05, 4.69) is 17.2 Å². The highest BCUT2D eigenvalue weighted by molar-refractivity contribution is 7.13. The lowest BCUT2D eigenvalue weighted by Gasteiger charge is -2.24. The van der Waals surface area contributed by atoms with Crippen molar-refractivity contribution in [3.8, 4) is 0 Å². The van der Waals surface area contributed by atoms with Crippen LogP contribution in [0.1, 0.15) is 43.1 Å². The van der Waals surface area contributed by atoms with Gasteiger partial charge in [-0.05, 0) is 19.8 Å². The second-order valence-corrected chi connectivity index (χ2v) is 5.18. The summed E-state index contributed by atoms with van der Waals surface area (Å²) in [6.07, 6.45) is 4.49. The molecule has 1 aliphatic carbocycles. The van der Waals surface area contributed by atoms with Crippen molar-refractivity contribution in [2.75, 3.05) is 5.73 Å². The zero-order valence-electron chi connectivity index (χ0n) is 8.75. The van der Waals surface area contributed by atoms with Gasteiger partial charge in [0.25, 0.3) is 5.91 Å². The first-order chi connectivity index (χ1) is 7.09. The maximum Gasteiger partial charge on any atom is 0.271 e. The van der Waals surface area contributed by atoms with E-state index in [4.69, 9.17) is 5.73 Å². The van der Waals surface area contributed by atoms with Gasteiger partial charge in [-0.3, -0.25) is 4.79 Å². The highest BCUT2D eigenvalue weighted by Crippen LogP contribution is 2.29. The quantitative estimate of drug-likeness (QED) is 0.806. The Balaban J connectivity index is 2.03. The molecule has 3 N–H and O–H groups in total. The van der Waals surface area contributed by atoms with Crippen molar-refractivity contribution < 1.29 is 4.79 Å². The van der Waals surface area contributed by atoms with Crippen molar-refractivity contribution in [1.82, 2.24) is 10.3 Å². The van der Waals surface area contributed by atoms with Gasteiger partial charge in [-0.2, -0.15) is 0 Å². The molecular weight excluding hydrogens is 210 g/mol. The average molecular weight is 225 g/mol. The summed E-state index contributed by atoms with van der Waals surface area (Å²) < 4.78 is 0. The van der Waals surface area contributed by atoms with Crippen LogP contribution in [0.3, 0.4) is 0 Å². The van der Waals surface area contributed by atoms with E-state index >= 15 is 0 Å². The number of rotatable bonds is 2. The zero-order valence-corrected chi connectivity index (χ0v) is 9.56. The second-order valence-electron chi connectivity index (χ2n) is 4.29. The van der Waals surface area contributed by atoms with Crippen LogP contribution in [-0.2, 0) is 0 Å². The number of amides is 1. The fourth-order valence-corrected chi connectivity index (χ4v) is 2.55. The Kier molecular flexibility index (Phi) is 2.65. The number of nitrogens with two attached hydrogens (primary N) is 1. The molecule has 5 heteroatoms. The van der Waals surface area contributed by atoms with Crippen molar-refractivity contribution in [1.29, 1.82) is 0 Å². The third kappa shape index (κ3) is 2.28. The summed E-state index contributed by atoms with van der Waals surface area (Å²) in [5, 5.41) is 5.17. The highest BCUT2D eigenvalue weighted by Gasteiger charge is 2.30. The van der Waals surface area contributed by atoms with Crippen LogP contribution in [0.2, 0.25) is 0 Å². The standard InChI is InChI=1S/C10H15N3OS/c1-10(4-2-3-5-10)13-8(14)7-6-15-9(11)12-7/h6H,2-5H2,1H3,(H2,11,12)(H,13,14). The predicted molar refractivity (Wildman–Crippen MR) is 60.9 cm³/mol. The molecule has 1 aliphatic rings. The Morgan fingerprint density at radius 1 is 1.60 bits per heavy atom. The molecular formula is C10H15N3OS. The average Bonchev–Trinajstić information content (AvgIpc) is 2.75. The number of nitrogen functional groups attached to an aromatic ring is 1. The minimum Gasteiger partial charge on any atom is -0.375 e. The van der Waals surface area contributed by atoms with Crippen molar-refractivity contribution >= 4 is 22.4 Å². The summed E-state index contributed by atoms with van der Waals surface area (Å²) in [5.74, 6) is -0.104. The van der Waals surface area contributed by atoms with Crippen LogP contribution in [0.4, 0.5) is 5.13 Å². The molecule has 4 nitrogen and oxygen atoms in total. The van der Waals surface area contributed by atoms with Crippen LogP contribution >= 0.6 is 11.3 Å². The van der Waals surface area contributed by atoms with E-state index in [9.17, 15) is 4.79 Å². The number of nitrogens with zero attached hydrogens (tertiary/aromatic N) is 1. The number of nitrogens with one attached hydrogen (secondary N) is 1. The largest absolute Gasteiger partial charge is 0.375 e. The number of aromatic nitrogens is 1. The van der Waals surface area contributed by atoms with Crippen LogP contribution in [0.5, 0.6) is 0 Å². The molecule has 0 aromatic carbocycles. The number of hydrogen-bond acceptors (Lipinski definition) is 4. The lowest BCUT2D eigenvalue weighted by atomic mass is 10.0. The van der Waals surface area contributed by atoms with E-state index in [1.54, 1.807) is 5.38 Å². The van der Waals surface area contributed by atoms with Gasteiger partial charge in [0.05, 0.1) is 0 Å². The van der Waals surface area contributed by atoms with E-state index in [0.717, 1.165) is 12.8 Å². The van der Waals surface area contributed by atoms with Crippen molar-refractivity contribution in [3.63, 3.8) is 0 Å². The first-order valence-electron chi connectivity index (χ1n) is 5.13. The molecule has 0 saturated heterocycles. The maximum atomic E-state index is 11.8. The summed E-state index contributed by atoms with van der Waals surface area (Å²) in [5.41, 5.74) is 5.87. The molecule has 1 fully saturated rings. The molecule has 82 valence electrons. The number of carbonyl (C=O) groups excluding carboxylic acids is 1. The van der Waals surface area contributed by atoms with Gasteiger partial charge < -0.3 is 11.1 Å². The number of hydrogen-bond donors (Lipinski definition) is 2. The van der Waals surface area contributed by atoms with E-state index in [1.165, 1.54) is 24.2 Å². The Labute approximate surface area is 92.9 Å². The molecule has 1 aromatic heterocycles. The Bertz CT molecular complexity index is 368. The molecule has 1 aromatic rings. The molecule has 1 amide bonds. The molecule has 2 rings (SSSR count). The lowest BCUT2D eigenvalue weighted by Crippen LogP contribution is -2.43. The SMILES string of the molecule is CC1(NC(=O)c2csc(N)n2)CCCC1. The van der Waals surface area contributed by atoms with Gasteiger partial charge in [0.1, 0.15) is 5.69 Å². The second kappa shape index (κ2) is 3.81. The lowest BCUT2D eigenvalue weighted by molar-refractivity contribution is 0.0904. The van der Waals surface area contributed by atoms with Gasteiger partial charge in [-0.15, -0.1) is 11.3 Å². The van der Waals surface area contributed by atoms with E-state index in [-0.39, 0.29) is 11.4 Å². The van der Waals surface area contributed by atoms with Gasteiger partial charge in [-0.25, -0.2) is 4.98 Å². The summed E-state index contributed by atoms with van der Waals surface area (Å²) in [4.78, 5) is 15.8. The first kappa shape index (κ1) is 10.4. The molecule has 0 unspecified atom stereocenters. The molecule has 1 heterocycles. The monoisotopic (exact) mass is 225 g/mol. The van der Waals surface area contributed by atoms with Crippen LogP contribution in [0, 0.1) is 0 Å². The third-order valence-corrected chi connectivity index (χ3v) is 3.55. The summed E-state index contributed by atoms with van der Waals surface area (Å²) in [6, 6.07) is 0. The Morgan fingerprint density at radius 2 is 2.27 bits per heavy atom. The predicted octanol–water partition coefficient (Wildman–Crippen LogP) is 1.79. The van der Waals surface area contributed by atoms with Crippen LogP contribution < -0.4 is 11.1 Å². The normalized spacial score (nSPS) is 19.0. The molecule has 0 spiro atoms. The topological polar surface area (TPSA) is 68.0 Å². The molecule has 0 aliphatic heterocycles.